The molecule has 4 rings (SSSR count). The minimum absolute atomic E-state index is 0.128. The third-order valence-electron chi connectivity index (χ3n) is 5.21. The van der Waals surface area contributed by atoms with Crippen LogP contribution < -0.4 is 20.5 Å². The van der Waals surface area contributed by atoms with Crippen LogP contribution in [0.4, 0.5) is 5.69 Å². The number of nitrogens with one attached hydrogen (secondary N) is 1. The van der Waals surface area contributed by atoms with E-state index in [0.717, 1.165) is 20.8 Å². The van der Waals surface area contributed by atoms with Gasteiger partial charge in [-0.05, 0) is 36.4 Å². The van der Waals surface area contributed by atoms with Crippen LogP contribution in [-0.4, -0.2) is 29.3 Å². The maximum Gasteiger partial charge on any atom is 0.328 e. The highest BCUT2D eigenvalue weighted by atomic mass is 32.2. The van der Waals surface area contributed by atoms with Gasteiger partial charge >= 0.3 is 5.69 Å². The Morgan fingerprint density at radius 1 is 0.875 bits per heavy atom. The number of benzene rings is 3. The van der Waals surface area contributed by atoms with E-state index < -0.39 is 0 Å². The fraction of sp³-hybridized carbons (Fsp3) is 0.167. The second kappa shape index (κ2) is 8.84. The molecule has 0 atom stereocenters. The number of anilines is 1. The monoisotopic (exact) mass is 449 g/mol. The van der Waals surface area contributed by atoms with Crippen molar-refractivity contribution in [1.82, 2.24) is 9.13 Å². The molecule has 164 valence electrons. The van der Waals surface area contributed by atoms with Crippen molar-refractivity contribution in [2.24, 2.45) is 14.1 Å². The highest BCUT2D eigenvalue weighted by molar-refractivity contribution is 7.99. The summed E-state index contributed by atoms with van der Waals surface area (Å²) in [6, 6.07) is 18.6. The normalized spacial score (nSPS) is 10.9. The van der Waals surface area contributed by atoms with Gasteiger partial charge in [0.15, 0.2) is 0 Å². The highest BCUT2D eigenvalue weighted by Gasteiger charge is 2.17. The summed E-state index contributed by atoms with van der Waals surface area (Å²) in [5, 5.41) is 3.00. The summed E-state index contributed by atoms with van der Waals surface area (Å²) in [5.74, 6) is 0.737. The molecule has 1 heterocycles. The zero-order valence-corrected chi connectivity index (χ0v) is 19.0. The second-order valence-corrected chi connectivity index (χ2v) is 8.32. The number of fused-ring (bicyclic) bond motifs is 1. The summed E-state index contributed by atoms with van der Waals surface area (Å²) in [4.78, 5) is 27.4. The third kappa shape index (κ3) is 4.09. The van der Waals surface area contributed by atoms with Crippen molar-refractivity contribution < 1.29 is 14.3 Å². The Morgan fingerprint density at radius 3 is 2.06 bits per heavy atom. The van der Waals surface area contributed by atoms with E-state index >= 15 is 0 Å². The first-order chi connectivity index (χ1) is 15.4. The van der Waals surface area contributed by atoms with Crippen LogP contribution in [0, 0.1) is 0 Å². The molecule has 0 bridgehead atoms. The molecule has 0 spiro atoms. The Balaban J connectivity index is 1.79. The summed E-state index contributed by atoms with van der Waals surface area (Å²) in [6.07, 6.45) is 0. The molecular formula is C24H23N3O4S. The lowest BCUT2D eigenvalue weighted by molar-refractivity contribution is 0.102. The van der Waals surface area contributed by atoms with Gasteiger partial charge in [0, 0.05) is 35.5 Å². The van der Waals surface area contributed by atoms with Gasteiger partial charge < -0.3 is 14.8 Å². The molecule has 0 radical (unpaired) electrons. The zero-order valence-electron chi connectivity index (χ0n) is 18.2. The van der Waals surface area contributed by atoms with Gasteiger partial charge in [-0.2, -0.15) is 0 Å². The quantitative estimate of drug-likeness (QED) is 0.475. The van der Waals surface area contributed by atoms with E-state index in [0.29, 0.717) is 22.7 Å². The van der Waals surface area contributed by atoms with Crippen LogP contribution in [-0.2, 0) is 14.1 Å². The lowest BCUT2D eigenvalue weighted by Gasteiger charge is -2.13. The van der Waals surface area contributed by atoms with Crippen LogP contribution in [0.25, 0.3) is 11.0 Å². The fourth-order valence-electron chi connectivity index (χ4n) is 3.46. The van der Waals surface area contributed by atoms with E-state index in [4.69, 9.17) is 9.47 Å². The molecule has 0 aliphatic carbocycles. The molecule has 3 aromatic carbocycles. The Morgan fingerprint density at radius 2 is 1.47 bits per heavy atom. The predicted molar refractivity (Wildman–Crippen MR) is 126 cm³/mol. The van der Waals surface area contributed by atoms with E-state index in [-0.39, 0.29) is 11.6 Å². The van der Waals surface area contributed by atoms with Crippen molar-refractivity contribution >= 4 is 34.4 Å². The molecule has 32 heavy (non-hydrogen) atoms. The molecule has 0 unspecified atom stereocenters. The largest absolute Gasteiger partial charge is 0.497 e. The summed E-state index contributed by atoms with van der Waals surface area (Å²) in [7, 11) is 6.53. The summed E-state index contributed by atoms with van der Waals surface area (Å²) >= 11 is 1.52. The topological polar surface area (TPSA) is 74.5 Å². The van der Waals surface area contributed by atoms with Gasteiger partial charge in [0.2, 0.25) is 0 Å². The van der Waals surface area contributed by atoms with Gasteiger partial charge in [-0.25, -0.2) is 4.79 Å². The van der Waals surface area contributed by atoms with Crippen LogP contribution in [0.1, 0.15) is 10.4 Å². The number of amides is 1. The smallest absolute Gasteiger partial charge is 0.328 e. The number of ether oxygens (including phenoxy) is 2. The summed E-state index contributed by atoms with van der Waals surface area (Å²) in [6.45, 7) is 0. The standard InChI is InChI=1S/C24H23N3O4S/c1-26-20-13-19(25-23(28)15-10-16(30-3)12-17(11-15)31-4)22(14-21(20)27(2)24(26)29)32-18-8-6-5-7-9-18/h5-14H,1-4H3,(H,25,28). The predicted octanol–water partition coefficient (Wildman–Crippen LogP) is 4.30. The van der Waals surface area contributed by atoms with Crippen molar-refractivity contribution in [1.29, 1.82) is 0 Å². The first-order valence-electron chi connectivity index (χ1n) is 9.88. The molecule has 0 saturated heterocycles. The first-order valence-corrected chi connectivity index (χ1v) is 10.7. The van der Waals surface area contributed by atoms with Crippen LogP contribution in [0.2, 0.25) is 0 Å². The SMILES string of the molecule is COc1cc(OC)cc(C(=O)Nc2cc3c(cc2Sc2ccccc2)n(C)c(=O)n3C)c1. The van der Waals surface area contributed by atoms with Gasteiger partial charge in [0.25, 0.3) is 5.91 Å². The first kappa shape index (κ1) is 21.6. The highest BCUT2D eigenvalue weighted by Crippen LogP contribution is 2.36. The molecule has 0 fully saturated rings. The summed E-state index contributed by atoms with van der Waals surface area (Å²) in [5.41, 5.74) is 2.40. The van der Waals surface area contributed by atoms with Gasteiger partial charge in [0.1, 0.15) is 11.5 Å². The third-order valence-corrected chi connectivity index (χ3v) is 6.27. The summed E-state index contributed by atoms with van der Waals surface area (Å²) < 4.78 is 13.7. The van der Waals surface area contributed by atoms with Crippen LogP contribution in [0.5, 0.6) is 11.5 Å². The average Bonchev–Trinajstić information content (AvgIpc) is 3.02. The molecule has 0 aliphatic rings. The number of carbonyl (C=O) groups excluding carboxylic acids is 1. The Kier molecular flexibility index (Phi) is 5.96. The molecule has 1 aromatic heterocycles. The fourth-order valence-corrected chi connectivity index (χ4v) is 4.39. The van der Waals surface area contributed by atoms with Gasteiger partial charge in [-0.15, -0.1) is 0 Å². The molecular weight excluding hydrogens is 426 g/mol. The van der Waals surface area contributed by atoms with E-state index in [1.807, 2.05) is 42.5 Å². The van der Waals surface area contributed by atoms with Crippen molar-refractivity contribution in [2.45, 2.75) is 9.79 Å². The molecule has 8 heteroatoms. The Bertz CT molecular complexity index is 1340. The lowest BCUT2D eigenvalue weighted by atomic mass is 10.1. The molecule has 1 amide bonds. The number of aromatic nitrogens is 2. The Labute approximate surface area is 189 Å². The molecule has 1 N–H and O–H groups in total. The van der Waals surface area contributed by atoms with Crippen molar-refractivity contribution in [3.05, 3.63) is 76.7 Å². The number of carbonyl (C=O) groups is 1. The number of hydrogen-bond donors (Lipinski definition) is 1. The van der Waals surface area contributed by atoms with Gasteiger partial charge in [-0.1, -0.05) is 30.0 Å². The molecule has 0 aliphatic heterocycles. The van der Waals surface area contributed by atoms with E-state index in [2.05, 4.69) is 5.32 Å². The van der Waals surface area contributed by atoms with Gasteiger partial charge in [-0.3, -0.25) is 13.9 Å². The number of hydrogen-bond acceptors (Lipinski definition) is 5. The number of nitrogens with zero attached hydrogens (tertiary/aromatic N) is 2. The van der Waals surface area contributed by atoms with Crippen LogP contribution >= 0.6 is 11.8 Å². The van der Waals surface area contributed by atoms with Gasteiger partial charge in [0.05, 0.1) is 30.9 Å². The number of aryl methyl sites for hydroxylation is 2. The maximum atomic E-state index is 13.1. The Hall–Kier alpha value is -3.65. The molecule has 4 aromatic rings. The minimum atomic E-state index is -0.308. The maximum absolute atomic E-state index is 13.1. The van der Waals surface area contributed by atoms with Crippen molar-refractivity contribution in [2.75, 3.05) is 19.5 Å². The van der Waals surface area contributed by atoms with Crippen molar-refractivity contribution in [3.63, 3.8) is 0 Å². The van der Waals surface area contributed by atoms with Crippen LogP contribution in [0.15, 0.2) is 75.2 Å². The minimum Gasteiger partial charge on any atom is -0.497 e. The van der Waals surface area contributed by atoms with Crippen molar-refractivity contribution in [3.8, 4) is 11.5 Å². The lowest BCUT2D eigenvalue weighted by Crippen LogP contribution is -2.19. The molecule has 0 saturated carbocycles. The number of rotatable bonds is 6. The number of imidazole rings is 1. The molecule has 7 nitrogen and oxygen atoms in total. The van der Waals surface area contributed by atoms with E-state index in [1.54, 1.807) is 41.4 Å². The zero-order chi connectivity index (χ0) is 22.8. The number of methoxy groups -OCH3 is 2. The van der Waals surface area contributed by atoms with E-state index in [9.17, 15) is 9.59 Å². The average molecular weight is 450 g/mol. The van der Waals surface area contributed by atoms with E-state index in [1.165, 1.54) is 26.0 Å². The second-order valence-electron chi connectivity index (χ2n) is 7.21. The van der Waals surface area contributed by atoms with Crippen LogP contribution in [0.3, 0.4) is 0 Å².